The maximum Gasteiger partial charge on any atom is 0.416 e. The molecule has 0 aliphatic heterocycles. The van der Waals surface area contributed by atoms with E-state index in [-0.39, 0.29) is 16.6 Å². The number of nitrogens with one attached hydrogen (secondary N) is 2. The van der Waals surface area contributed by atoms with Gasteiger partial charge in [0.05, 0.1) is 11.1 Å². The first-order valence-corrected chi connectivity index (χ1v) is 7.06. The number of pyridine rings is 1. The lowest BCUT2D eigenvalue weighted by molar-refractivity contribution is -0.137. The fourth-order valence-corrected chi connectivity index (χ4v) is 2.40. The van der Waals surface area contributed by atoms with Crippen molar-refractivity contribution >= 4 is 22.4 Å². The fourth-order valence-electron chi connectivity index (χ4n) is 2.40. The molecule has 4 nitrogen and oxygen atoms in total. The number of carbonyl (C=O) groups is 1. The van der Waals surface area contributed by atoms with Crippen LogP contribution in [0.25, 0.3) is 10.8 Å². The normalized spacial score (nSPS) is 11.5. The van der Waals surface area contributed by atoms with E-state index in [0.717, 1.165) is 0 Å². The Morgan fingerprint density at radius 1 is 1.04 bits per heavy atom. The Labute approximate surface area is 138 Å². The second kappa shape index (κ2) is 6.04. The third-order valence-corrected chi connectivity index (χ3v) is 3.60. The van der Waals surface area contributed by atoms with Gasteiger partial charge in [-0.2, -0.15) is 13.2 Å². The van der Waals surface area contributed by atoms with Crippen LogP contribution in [-0.2, 0) is 6.18 Å². The molecule has 0 bridgehead atoms. The maximum atomic E-state index is 13.8. The van der Waals surface area contributed by atoms with Crippen LogP contribution in [0.2, 0.25) is 0 Å². The van der Waals surface area contributed by atoms with Gasteiger partial charge in [0.2, 0.25) is 0 Å². The van der Waals surface area contributed by atoms with Crippen molar-refractivity contribution in [3.05, 3.63) is 76.0 Å². The molecule has 0 fully saturated rings. The monoisotopic (exact) mass is 350 g/mol. The van der Waals surface area contributed by atoms with E-state index in [1.807, 2.05) is 0 Å². The van der Waals surface area contributed by atoms with Gasteiger partial charge in [-0.25, -0.2) is 4.39 Å². The highest BCUT2D eigenvalue weighted by Crippen LogP contribution is 2.30. The SMILES string of the molecule is O=C(Nc1cccc2c(=O)[nH]ccc12)c1cc(C(F)(F)F)ccc1F. The Balaban J connectivity index is 2.02. The Bertz CT molecular complexity index is 1030. The van der Waals surface area contributed by atoms with E-state index < -0.39 is 29.0 Å². The Morgan fingerprint density at radius 3 is 2.52 bits per heavy atom. The fraction of sp³-hybridized carbons (Fsp3) is 0.0588. The van der Waals surface area contributed by atoms with Crippen LogP contribution in [0.1, 0.15) is 15.9 Å². The molecule has 0 saturated heterocycles. The predicted octanol–water partition coefficient (Wildman–Crippen LogP) is 3.94. The number of alkyl halides is 3. The minimum Gasteiger partial charge on any atom is -0.329 e. The first-order valence-electron chi connectivity index (χ1n) is 7.06. The van der Waals surface area contributed by atoms with Crippen molar-refractivity contribution in [2.45, 2.75) is 6.18 Å². The minimum absolute atomic E-state index is 0.186. The van der Waals surface area contributed by atoms with Gasteiger partial charge in [-0.05, 0) is 36.4 Å². The number of benzene rings is 2. The van der Waals surface area contributed by atoms with Crippen molar-refractivity contribution < 1.29 is 22.4 Å². The van der Waals surface area contributed by atoms with E-state index in [0.29, 0.717) is 23.6 Å². The van der Waals surface area contributed by atoms with Gasteiger partial charge >= 0.3 is 6.18 Å². The smallest absolute Gasteiger partial charge is 0.329 e. The van der Waals surface area contributed by atoms with Gasteiger partial charge < -0.3 is 10.3 Å². The van der Waals surface area contributed by atoms with Gasteiger partial charge in [0.25, 0.3) is 11.5 Å². The van der Waals surface area contributed by atoms with E-state index in [1.54, 1.807) is 0 Å². The molecule has 0 radical (unpaired) electrons. The zero-order valence-corrected chi connectivity index (χ0v) is 12.4. The standard InChI is InChI=1S/C17H10F4N2O2/c18-13-5-4-9(17(19,20)21)8-12(13)16(25)23-14-3-1-2-11-10(14)6-7-22-15(11)24/h1-8H,(H,22,24)(H,23,25). The first kappa shape index (κ1) is 16.7. The number of carbonyl (C=O) groups excluding carboxylic acids is 1. The Hall–Kier alpha value is -3.16. The largest absolute Gasteiger partial charge is 0.416 e. The summed E-state index contributed by atoms with van der Waals surface area (Å²) >= 11 is 0. The number of H-pyrrole nitrogens is 1. The molecule has 0 atom stereocenters. The highest BCUT2D eigenvalue weighted by atomic mass is 19.4. The van der Waals surface area contributed by atoms with Crippen LogP contribution >= 0.6 is 0 Å². The third kappa shape index (κ3) is 3.23. The highest BCUT2D eigenvalue weighted by molar-refractivity contribution is 6.09. The zero-order chi connectivity index (χ0) is 18.2. The average Bonchev–Trinajstić information content (AvgIpc) is 2.55. The molecular formula is C17H10F4N2O2. The summed E-state index contributed by atoms with van der Waals surface area (Å²) < 4.78 is 52.1. The molecule has 0 spiro atoms. The van der Waals surface area contributed by atoms with Crippen LogP contribution in [0.15, 0.2) is 53.5 Å². The van der Waals surface area contributed by atoms with Gasteiger partial charge in [-0.15, -0.1) is 0 Å². The van der Waals surface area contributed by atoms with Crippen LogP contribution in [0.4, 0.5) is 23.2 Å². The molecule has 2 aromatic carbocycles. The van der Waals surface area contributed by atoms with Gasteiger partial charge in [-0.3, -0.25) is 9.59 Å². The summed E-state index contributed by atoms with van der Waals surface area (Å²) in [6.07, 6.45) is -3.33. The number of halogens is 4. The van der Waals surface area contributed by atoms with E-state index in [1.165, 1.54) is 30.5 Å². The Kier molecular flexibility index (Phi) is 4.03. The van der Waals surface area contributed by atoms with E-state index in [4.69, 9.17) is 0 Å². The number of aromatic amines is 1. The van der Waals surface area contributed by atoms with Gasteiger partial charge in [0.15, 0.2) is 0 Å². The molecule has 128 valence electrons. The molecule has 2 N–H and O–H groups in total. The van der Waals surface area contributed by atoms with Crippen molar-refractivity contribution in [3.8, 4) is 0 Å². The van der Waals surface area contributed by atoms with Crippen LogP contribution in [-0.4, -0.2) is 10.9 Å². The number of amides is 1. The molecule has 8 heteroatoms. The summed E-state index contributed by atoms with van der Waals surface area (Å²) in [6, 6.07) is 7.60. The van der Waals surface area contributed by atoms with Crippen LogP contribution in [0.5, 0.6) is 0 Å². The van der Waals surface area contributed by atoms with Gasteiger partial charge in [-0.1, -0.05) is 6.07 Å². The molecule has 1 amide bonds. The molecule has 0 aliphatic rings. The molecule has 3 aromatic rings. The summed E-state index contributed by atoms with van der Waals surface area (Å²) in [5.74, 6) is -2.13. The number of hydrogen-bond donors (Lipinski definition) is 2. The van der Waals surface area contributed by atoms with Crippen LogP contribution in [0.3, 0.4) is 0 Å². The number of anilines is 1. The third-order valence-electron chi connectivity index (χ3n) is 3.60. The average molecular weight is 350 g/mol. The lowest BCUT2D eigenvalue weighted by atomic mass is 10.1. The van der Waals surface area contributed by atoms with E-state index >= 15 is 0 Å². The first-order chi connectivity index (χ1) is 11.8. The number of hydrogen-bond acceptors (Lipinski definition) is 2. The summed E-state index contributed by atoms with van der Waals surface area (Å²) in [5.41, 5.74) is -2.07. The van der Waals surface area contributed by atoms with Crippen LogP contribution < -0.4 is 10.9 Å². The lowest BCUT2D eigenvalue weighted by Gasteiger charge is -2.11. The molecule has 3 rings (SSSR count). The number of aromatic nitrogens is 1. The molecule has 0 aliphatic carbocycles. The molecular weight excluding hydrogens is 340 g/mol. The van der Waals surface area contributed by atoms with Gasteiger partial charge in [0.1, 0.15) is 5.82 Å². The van der Waals surface area contributed by atoms with Crippen molar-refractivity contribution in [1.82, 2.24) is 4.98 Å². The maximum absolute atomic E-state index is 13.8. The summed E-state index contributed by atoms with van der Waals surface area (Å²) in [7, 11) is 0. The Morgan fingerprint density at radius 2 is 1.80 bits per heavy atom. The van der Waals surface area contributed by atoms with Crippen molar-refractivity contribution in [2.75, 3.05) is 5.32 Å². The van der Waals surface area contributed by atoms with E-state index in [9.17, 15) is 27.2 Å². The zero-order valence-electron chi connectivity index (χ0n) is 12.4. The topological polar surface area (TPSA) is 62.0 Å². The molecule has 1 aromatic heterocycles. The number of rotatable bonds is 2. The molecule has 0 unspecified atom stereocenters. The predicted molar refractivity (Wildman–Crippen MR) is 83.9 cm³/mol. The highest BCUT2D eigenvalue weighted by Gasteiger charge is 2.32. The second-order valence-corrected chi connectivity index (χ2v) is 5.22. The summed E-state index contributed by atoms with van der Waals surface area (Å²) in [6.45, 7) is 0. The van der Waals surface area contributed by atoms with Crippen molar-refractivity contribution in [2.24, 2.45) is 0 Å². The molecule has 25 heavy (non-hydrogen) atoms. The second-order valence-electron chi connectivity index (χ2n) is 5.22. The minimum atomic E-state index is -4.70. The summed E-state index contributed by atoms with van der Waals surface area (Å²) in [5, 5.41) is 3.01. The lowest BCUT2D eigenvalue weighted by Crippen LogP contribution is -2.16. The molecule has 0 saturated carbocycles. The van der Waals surface area contributed by atoms with Crippen LogP contribution in [0, 0.1) is 5.82 Å². The van der Waals surface area contributed by atoms with E-state index in [2.05, 4.69) is 10.3 Å². The number of fused-ring (bicyclic) bond motifs is 1. The quantitative estimate of drug-likeness (QED) is 0.688. The van der Waals surface area contributed by atoms with Gasteiger partial charge in [0, 0.05) is 22.7 Å². The molecule has 1 heterocycles. The van der Waals surface area contributed by atoms with Crippen molar-refractivity contribution in [3.63, 3.8) is 0 Å². The summed E-state index contributed by atoms with van der Waals surface area (Å²) in [4.78, 5) is 26.4. The van der Waals surface area contributed by atoms with Crippen molar-refractivity contribution in [1.29, 1.82) is 0 Å².